The van der Waals surface area contributed by atoms with Gasteiger partial charge in [0.05, 0.1) is 0 Å². The molecule has 0 aliphatic carbocycles. The van der Waals surface area contributed by atoms with Gasteiger partial charge in [-0.1, -0.05) is 6.92 Å². The molecule has 1 aromatic rings. The van der Waals surface area contributed by atoms with Crippen molar-refractivity contribution in [1.29, 1.82) is 0 Å². The molecule has 2 rings (SSSR count). The van der Waals surface area contributed by atoms with Crippen LogP contribution in [0.2, 0.25) is 0 Å². The number of rotatable bonds is 3. The summed E-state index contributed by atoms with van der Waals surface area (Å²) in [5.41, 5.74) is 8.69. The number of hydrogen-bond donors (Lipinski definition) is 1. The number of nitrogens with zero attached hydrogens (tertiary/aromatic N) is 2. The summed E-state index contributed by atoms with van der Waals surface area (Å²) in [6.07, 6.45) is 0. The average Bonchev–Trinajstić information content (AvgIpc) is 2.41. The van der Waals surface area contributed by atoms with Crippen LogP contribution in [0.15, 0.2) is 12.1 Å². The highest BCUT2D eigenvalue weighted by Gasteiger charge is 2.20. The lowest BCUT2D eigenvalue weighted by atomic mass is 10.0. The molecule has 0 amide bonds. The second-order valence-electron chi connectivity index (χ2n) is 5.37. The third-order valence-electron chi connectivity index (χ3n) is 3.96. The summed E-state index contributed by atoms with van der Waals surface area (Å²) in [6, 6.07) is 3.39. The fourth-order valence-electron chi connectivity index (χ4n) is 2.63. The minimum absolute atomic E-state index is 0.144. The Morgan fingerprint density at radius 2 is 1.89 bits per heavy atom. The predicted octanol–water partition coefficient (Wildman–Crippen LogP) is 2.30. The van der Waals surface area contributed by atoms with Crippen LogP contribution in [0.5, 0.6) is 0 Å². The molecule has 4 heteroatoms. The molecule has 1 aliphatic heterocycles. The maximum Gasteiger partial charge on any atom is 0.126 e. The molecular weight excluding hydrogens is 241 g/mol. The van der Waals surface area contributed by atoms with Gasteiger partial charge in [0.1, 0.15) is 5.82 Å². The number of benzene rings is 1. The van der Waals surface area contributed by atoms with E-state index in [2.05, 4.69) is 16.7 Å². The first-order valence-electron chi connectivity index (χ1n) is 7.05. The minimum atomic E-state index is -0.164. The van der Waals surface area contributed by atoms with Gasteiger partial charge in [0.25, 0.3) is 0 Å². The zero-order valence-electron chi connectivity index (χ0n) is 12.1. The zero-order chi connectivity index (χ0) is 14.0. The molecule has 1 saturated heterocycles. The average molecular weight is 265 g/mol. The molecule has 1 unspecified atom stereocenters. The zero-order valence-corrected chi connectivity index (χ0v) is 12.1. The van der Waals surface area contributed by atoms with Crippen LogP contribution < -0.4 is 10.6 Å². The van der Waals surface area contributed by atoms with E-state index in [0.29, 0.717) is 5.56 Å². The number of anilines is 1. The molecule has 19 heavy (non-hydrogen) atoms. The van der Waals surface area contributed by atoms with Crippen molar-refractivity contribution < 1.29 is 4.39 Å². The lowest BCUT2D eigenvalue weighted by Crippen LogP contribution is -2.46. The summed E-state index contributed by atoms with van der Waals surface area (Å²) < 4.78 is 13.7. The number of halogens is 1. The van der Waals surface area contributed by atoms with Crippen molar-refractivity contribution in [2.75, 3.05) is 37.6 Å². The van der Waals surface area contributed by atoms with Gasteiger partial charge in [-0.15, -0.1) is 0 Å². The maximum absolute atomic E-state index is 13.7. The first kappa shape index (κ1) is 14.3. The number of piperazine rings is 1. The van der Waals surface area contributed by atoms with Crippen LogP contribution in [-0.2, 0) is 0 Å². The molecule has 0 radical (unpaired) electrons. The normalized spacial score (nSPS) is 18.7. The Labute approximate surface area is 115 Å². The Hall–Kier alpha value is -1.13. The monoisotopic (exact) mass is 265 g/mol. The molecule has 2 N–H and O–H groups in total. The smallest absolute Gasteiger partial charge is 0.126 e. The number of nitrogens with two attached hydrogens (primary N) is 1. The van der Waals surface area contributed by atoms with Crippen LogP contribution in [0.25, 0.3) is 0 Å². The van der Waals surface area contributed by atoms with E-state index in [9.17, 15) is 4.39 Å². The van der Waals surface area contributed by atoms with Crippen molar-refractivity contribution in [3.8, 4) is 0 Å². The van der Waals surface area contributed by atoms with E-state index < -0.39 is 0 Å². The van der Waals surface area contributed by atoms with Gasteiger partial charge in [0.15, 0.2) is 0 Å². The van der Waals surface area contributed by atoms with Crippen LogP contribution in [0.4, 0.5) is 10.1 Å². The van der Waals surface area contributed by atoms with Gasteiger partial charge in [-0.25, -0.2) is 4.39 Å². The molecule has 1 aromatic carbocycles. The van der Waals surface area contributed by atoms with Gasteiger partial charge in [0.2, 0.25) is 0 Å². The third-order valence-corrected chi connectivity index (χ3v) is 3.96. The van der Waals surface area contributed by atoms with E-state index >= 15 is 0 Å². The highest BCUT2D eigenvalue weighted by Crippen LogP contribution is 2.29. The number of hydrogen-bond acceptors (Lipinski definition) is 3. The lowest BCUT2D eigenvalue weighted by Gasteiger charge is -2.37. The van der Waals surface area contributed by atoms with Crippen molar-refractivity contribution >= 4 is 5.69 Å². The Balaban J connectivity index is 2.26. The second kappa shape index (κ2) is 5.88. The summed E-state index contributed by atoms with van der Waals surface area (Å²) >= 11 is 0. The molecular formula is C15H24FN3. The topological polar surface area (TPSA) is 32.5 Å². The van der Waals surface area contributed by atoms with Crippen LogP contribution in [0.1, 0.15) is 31.0 Å². The molecule has 0 bridgehead atoms. The summed E-state index contributed by atoms with van der Waals surface area (Å²) in [6.45, 7) is 11.1. The number of likely N-dealkylation sites (N-methyl/N-ethyl adjacent to an activating group) is 1. The molecule has 0 saturated carbocycles. The van der Waals surface area contributed by atoms with Crippen molar-refractivity contribution in [2.24, 2.45) is 5.73 Å². The quantitative estimate of drug-likeness (QED) is 0.910. The van der Waals surface area contributed by atoms with Crippen LogP contribution in [0, 0.1) is 12.7 Å². The molecule has 1 aliphatic rings. The summed E-state index contributed by atoms with van der Waals surface area (Å²) in [7, 11) is 0. The van der Waals surface area contributed by atoms with Gasteiger partial charge in [-0.2, -0.15) is 0 Å². The summed E-state index contributed by atoms with van der Waals surface area (Å²) in [5, 5.41) is 0. The molecule has 1 atom stereocenters. The van der Waals surface area contributed by atoms with E-state index in [1.165, 1.54) is 0 Å². The van der Waals surface area contributed by atoms with Gasteiger partial charge < -0.3 is 15.5 Å². The van der Waals surface area contributed by atoms with E-state index in [0.717, 1.165) is 44.0 Å². The number of aryl methyl sites for hydroxylation is 1. The first-order valence-corrected chi connectivity index (χ1v) is 7.05. The lowest BCUT2D eigenvalue weighted by molar-refractivity contribution is 0.271. The Morgan fingerprint density at radius 3 is 2.42 bits per heavy atom. The first-order chi connectivity index (χ1) is 9.02. The van der Waals surface area contributed by atoms with E-state index in [1.54, 1.807) is 6.07 Å². The standard InChI is InChI=1S/C15H24FN3/c1-4-18-5-7-19(8-6-18)15-9-11(2)14(16)10-13(15)12(3)17/h9-10,12H,4-8,17H2,1-3H3. The molecule has 1 heterocycles. The van der Waals surface area contributed by atoms with Crippen molar-refractivity contribution in [3.05, 3.63) is 29.1 Å². The van der Waals surface area contributed by atoms with Crippen molar-refractivity contribution in [3.63, 3.8) is 0 Å². The van der Waals surface area contributed by atoms with E-state index in [-0.39, 0.29) is 11.9 Å². The highest BCUT2D eigenvalue weighted by atomic mass is 19.1. The maximum atomic E-state index is 13.7. The fraction of sp³-hybridized carbons (Fsp3) is 0.600. The van der Waals surface area contributed by atoms with Crippen molar-refractivity contribution in [2.45, 2.75) is 26.8 Å². The van der Waals surface area contributed by atoms with E-state index in [4.69, 9.17) is 5.73 Å². The third kappa shape index (κ3) is 3.07. The van der Waals surface area contributed by atoms with Gasteiger partial charge in [-0.3, -0.25) is 0 Å². The molecule has 0 aromatic heterocycles. The highest BCUT2D eigenvalue weighted by molar-refractivity contribution is 5.57. The van der Waals surface area contributed by atoms with E-state index in [1.807, 2.05) is 19.9 Å². The predicted molar refractivity (Wildman–Crippen MR) is 78.1 cm³/mol. The largest absolute Gasteiger partial charge is 0.369 e. The van der Waals surface area contributed by atoms with Gasteiger partial charge in [0, 0.05) is 37.9 Å². The van der Waals surface area contributed by atoms with Crippen LogP contribution in [-0.4, -0.2) is 37.6 Å². The molecule has 106 valence electrons. The van der Waals surface area contributed by atoms with Crippen molar-refractivity contribution in [1.82, 2.24) is 4.90 Å². The SMILES string of the molecule is CCN1CCN(c2cc(C)c(F)cc2C(C)N)CC1. The Morgan fingerprint density at radius 1 is 1.26 bits per heavy atom. The molecule has 0 spiro atoms. The Bertz CT molecular complexity index is 437. The summed E-state index contributed by atoms with van der Waals surface area (Å²) in [5.74, 6) is -0.164. The second-order valence-corrected chi connectivity index (χ2v) is 5.37. The minimum Gasteiger partial charge on any atom is -0.369 e. The van der Waals surface area contributed by atoms with Gasteiger partial charge in [-0.05, 0) is 43.7 Å². The summed E-state index contributed by atoms with van der Waals surface area (Å²) in [4.78, 5) is 4.76. The van der Waals surface area contributed by atoms with Crippen LogP contribution in [0.3, 0.4) is 0 Å². The Kier molecular flexibility index (Phi) is 4.42. The van der Waals surface area contributed by atoms with Gasteiger partial charge >= 0.3 is 0 Å². The molecule has 3 nitrogen and oxygen atoms in total. The molecule has 1 fully saturated rings. The fourth-order valence-corrected chi connectivity index (χ4v) is 2.63. The van der Waals surface area contributed by atoms with Crippen LogP contribution >= 0.6 is 0 Å².